The smallest absolute Gasteiger partial charge is 0.214 e. The van der Waals surface area contributed by atoms with Crippen LogP contribution in [0.15, 0.2) is 24.3 Å². The van der Waals surface area contributed by atoms with Crippen LogP contribution < -0.4 is 5.32 Å². The van der Waals surface area contributed by atoms with Gasteiger partial charge in [0, 0.05) is 19.6 Å². The zero-order valence-corrected chi connectivity index (χ0v) is 14.3. The minimum atomic E-state index is -3.15. The first-order chi connectivity index (χ1) is 9.58. The predicted octanol–water partition coefficient (Wildman–Crippen LogP) is 2.36. The Hall–Kier alpha value is -0.620. The molecule has 0 spiro atoms. The SMILES string of the molecule is CCCS(=O)(=O)N1CCNCC1c1ccc(CC)cc1.Cl. The Labute approximate surface area is 134 Å². The first-order valence-corrected chi connectivity index (χ1v) is 8.98. The first kappa shape index (κ1) is 18.4. The molecular formula is C15H25ClN2O2S. The zero-order chi connectivity index (χ0) is 14.6. The van der Waals surface area contributed by atoms with Crippen LogP contribution in [-0.2, 0) is 16.4 Å². The van der Waals surface area contributed by atoms with Gasteiger partial charge in [-0.25, -0.2) is 8.42 Å². The largest absolute Gasteiger partial charge is 0.313 e. The van der Waals surface area contributed by atoms with E-state index >= 15 is 0 Å². The Morgan fingerprint density at radius 2 is 1.90 bits per heavy atom. The van der Waals surface area contributed by atoms with Gasteiger partial charge in [-0.15, -0.1) is 12.4 Å². The second kappa shape index (κ2) is 8.13. The van der Waals surface area contributed by atoms with Crippen molar-refractivity contribution in [3.63, 3.8) is 0 Å². The van der Waals surface area contributed by atoms with Gasteiger partial charge >= 0.3 is 0 Å². The minimum absolute atomic E-state index is 0. The van der Waals surface area contributed by atoms with E-state index in [0.717, 1.165) is 18.5 Å². The topological polar surface area (TPSA) is 49.4 Å². The molecule has 0 radical (unpaired) electrons. The Bertz CT molecular complexity index is 531. The fourth-order valence-corrected chi connectivity index (χ4v) is 4.36. The molecule has 0 aromatic heterocycles. The van der Waals surface area contributed by atoms with Gasteiger partial charge in [0.1, 0.15) is 0 Å². The maximum absolute atomic E-state index is 12.4. The number of nitrogens with one attached hydrogen (secondary N) is 1. The molecule has 21 heavy (non-hydrogen) atoms. The lowest BCUT2D eigenvalue weighted by Crippen LogP contribution is -2.49. The van der Waals surface area contributed by atoms with Crippen LogP contribution in [0.5, 0.6) is 0 Å². The molecule has 0 saturated carbocycles. The third-order valence-corrected chi connectivity index (χ3v) is 5.86. The van der Waals surface area contributed by atoms with E-state index in [4.69, 9.17) is 0 Å². The van der Waals surface area contributed by atoms with E-state index in [-0.39, 0.29) is 24.2 Å². The molecule has 1 N–H and O–H groups in total. The molecule has 1 aliphatic heterocycles. The van der Waals surface area contributed by atoms with Crippen LogP contribution in [0, 0.1) is 0 Å². The summed E-state index contributed by atoms with van der Waals surface area (Å²) in [4.78, 5) is 0. The molecule has 120 valence electrons. The molecule has 1 unspecified atom stereocenters. The summed E-state index contributed by atoms with van der Waals surface area (Å²) in [5, 5.41) is 3.30. The second-order valence-electron chi connectivity index (χ2n) is 5.24. The Kier molecular flexibility index (Phi) is 7.13. The van der Waals surface area contributed by atoms with Gasteiger partial charge in [-0.1, -0.05) is 38.1 Å². The predicted molar refractivity (Wildman–Crippen MR) is 89.5 cm³/mol. The van der Waals surface area contributed by atoms with Gasteiger partial charge in [0.05, 0.1) is 11.8 Å². The van der Waals surface area contributed by atoms with E-state index < -0.39 is 10.0 Å². The molecule has 1 heterocycles. The lowest BCUT2D eigenvalue weighted by molar-refractivity contribution is 0.271. The van der Waals surface area contributed by atoms with E-state index in [1.165, 1.54) is 5.56 Å². The highest BCUT2D eigenvalue weighted by atomic mass is 35.5. The third kappa shape index (κ3) is 4.42. The maximum Gasteiger partial charge on any atom is 0.214 e. The highest BCUT2D eigenvalue weighted by Gasteiger charge is 2.32. The van der Waals surface area contributed by atoms with Gasteiger partial charge in [-0.2, -0.15) is 4.31 Å². The number of benzene rings is 1. The number of halogens is 1. The summed E-state index contributed by atoms with van der Waals surface area (Å²) < 4.78 is 26.5. The normalized spacial score (nSPS) is 20.0. The number of hydrogen-bond acceptors (Lipinski definition) is 3. The Morgan fingerprint density at radius 3 is 2.48 bits per heavy atom. The van der Waals surface area contributed by atoms with Gasteiger partial charge in [0.2, 0.25) is 10.0 Å². The number of aryl methyl sites for hydroxylation is 1. The van der Waals surface area contributed by atoms with Crippen LogP contribution in [-0.4, -0.2) is 38.1 Å². The summed E-state index contributed by atoms with van der Waals surface area (Å²) in [7, 11) is -3.15. The van der Waals surface area contributed by atoms with Gasteiger partial charge in [0.25, 0.3) is 0 Å². The van der Waals surface area contributed by atoms with Crippen molar-refractivity contribution in [2.45, 2.75) is 32.7 Å². The van der Waals surface area contributed by atoms with Gasteiger partial charge in [0.15, 0.2) is 0 Å². The molecule has 0 aliphatic carbocycles. The fourth-order valence-electron chi connectivity index (χ4n) is 2.65. The van der Waals surface area contributed by atoms with Crippen molar-refractivity contribution in [3.8, 4) is 0 Å². The highest BCUT2D eigenvalue weighted by Crippen LogP contribution is 2.26. The zero-order valence-electron chi connectivity index (χ0n) is 12.7. The van der Waals surface area contributed by atoms with Crippen LogP contribution in [0.3, 0.4) is 0 Å². The first-order valence-electron chi connectivity index (χ1n) is 7.37. The number of piperazine rings is 1. The van der Waals surface area contributed by atoms with E-state index in [0.29, 0.717) is 19.5 Å². The van der Waals surface area contributed by atoms with Crippen molar-refractivity contribution >= 4 is 22.4 Å². The van der Waals surface area contributed by atoms with E-state index in [1.807, 2.05) is 6.92 Å². The molecule has 2 rings (SSSR count). The fraction of sp³-hybridized carbons (Fsp3) is 0.600. The minimum Gasteiger partial charge on any atom is -0.313 e. The summed E-state index contributed by atoms with van der Waals surface area (Å²) in [5.41, 5.74) is 2.36. The molecule has 1 aromatic rings. The number of rotatable bonds is 5. The van der Waals surface area contributed by atoms with Crippen LogP contribution >= 0.6 is 12.4 Å². The van der Waals surface area contributed by atoms with Crippen molar-refractivity contribution in [1.29, 1.82) is 0 Å². The van der Waals surface area contributed by atoms with Crippen molar-refractivity contribution < 1.29 is 8.42 Å². The van der Waals surface area contributed by atoms with Crippen LogP contribution in [0.25, 0.3) is 0 Å². The molecule has 1 saturated heterocycles. The van der Waals surface area contributed by atoms with Crippen LogP contribution in [0.4, 0.5) is 0 Å². The van der Waals surface area contributed by atoms with Gasteiger partial charge in [-0.3, -0.25) is 0 Å². The van der Waals surface area contributed by atoms with Crippen molar-refractivity contribution in [2.24, 2.45) is 0 Å². The highest BCUT2D eigenvalue weighted by molar-refractivity contribution is 7.89. The van der Waals surface area contributed by atoms with Gasteiger partial charge in [-0.05, 0) is 24.0 Å². The van der Waals surface area contributed by atoms with Crippen molar-refractivity contribution in [1.82, 2.24) is 9.62 Å². The molecule has 1 fully saturated rings. The van der Waals surface area contributed by atoms with Gasteiger partial charge < -0.3 is 5.32 Å². The Morgan fingerprint density at radius 1 is 1.24 bits per heavy atom. The molecule has 0 amide bonds. The number of sulfonamides is 1. The summed E-state index contributed by atoms with van der Waals surface area (Å²) >= 11 is 0. The summed E-state index contributed by atoms with van der Waals surface area (Å²) in [5.74, 6) is 0.233. The van der Waals surface area contributed by atoms with Crippen LogP contribution in [0.1, 0.15) is 37.4 Å². The molecule has 0 bridgehead atoms. The lowest BCUT2D eigenvalue weighted by Gasteiger charge is -2.35. The monoisotopic (exact) mass is 332 g/mol. The van der Waals surface area contributed by atoms with E-state index in [2.05, 4.69) is 36.5 Å². The lowest BCUT2D eigenvalue weighted by atomic mass is 10.0. The third-order valence-electron chi connectivity index (χ3n) is 3.79. The molecule has 1 aliphatic rings. The summed E-state index contributed by atoms with van der Waals surface area (Å²) in [6, 6.07) is 8.23. The average Bonchev–Trinajstić information content (AvgIpc) is 2.47. The molecule has 1 atom stereocenters. The molecular weight excluding hydrogens is 308 g/mol. The summed E-state index contributed by atoms with van der Waals surface area (Å²) in [6.45, 7) is 6.00. The molecule has 6 heteroatoms. The Balaban J connectivity index is 0.00000220. The molecule has 1 aromatic carbocycles. The quantitative estimate of drug-likeness (QED) is 0.900. The van der Waals surface area contributed by atoms with Crippen molar-refractivity contribution in [3.05, 3.63) is 35.4 Å². The molecule has 4 nitrogen and oxygen atoms in total. The van der Waals surface area contributed by atoms with Crippen molar-refractivity contribution in [2.75, 3.05) is 25.4 Å². The average molecular weight is 333 g/mol. The van der Waals surface area contributed by atoms with E-state index in [1.54, 1.807) is 4.31 Å². The van der Waals surface area contributed by atoms with E-state index in [9.17, 15) is 8.42 Å². The number of hydrogen-bond donors (Lipinski definition) is 1. The standard InChI is InChI=1S/C15H24N2O2S.ClH/c1-3-11-20(18,19)17-10-9-16-12-15(17)14-7-5-13(4-2)6-8-14;/h5-8,15-16H,3-4,9-12H2,1-2H3;1H. The summed E-state index contributed by atoms with van der Waals surface area (Å²) in [6.07, 6.45) is 1.66. The number of nitrogens with zero attached hydrogens (tertiary/aromatic N) is 1. The maximum atomic E-state index is 12.4. The second-order valence-corrected chi connectivity index (χ2v) is 7.28. The van der Waals surface area contributed by atoms with Crippen LogP contribution in [0.2, 0.25) is 0 Å².